The van der Waals surface area contributed by atoms with Gasteiger partial charge in [0.25, 0.3) is 0 Å². The van der Waals surface area contributed by atoms with Gasteiger partial charge in [0.05, 0.1) is 0 Å². The van der Waals surface area contributed by atoms with E-state index in [9.17, 15) is 9.90 Å². The van der Waals surface area contributed by atoms with Crippen LogP contribution in [0.2, 0.25) is 0 Å². The zero-order chi connectivity index (χ0) is 13.7. The highest BCUT2D eigenvalue weighted by atomic mass is 16.3. The first-order valence-corrected chi connectivity index (χ1v) is 7.56. The molecule has 0 aromatic rings. The van der Waals surface area contributed by atoms with E-state index in [-0.39, 0.29) is 5.92 Å². The van der Waals surface area contributed by atoms with E-state index < -0.39 is 6.23 Å². The molecule has 0 bridgehead atoms. The summed E-state index contributed by atoms with van der Waals surface area (Å²) in [6.45, 7) is 5.46. The van der Waals surface area contributed by atoms with Crippen molar-refractivity contribution in [3.63, 3.8) is 0 Å². The highest BCUT2D eigenvalue weighted by Gasteiger charge is 2.30. The summed E-state index contributed by atoms with van der Waals surface area (Å²) in [4.78, 5) is 14.4. The number of nitrogens with zero attached hydrogens (tertiary/aromatic N) is 1. The maximum absolute atomic E-state index is 12.4. The lowest BCUT2D eigenvalue weighted by Crippen LogP contribution is -2.44. The molecule has 2 fully saturated rings. The molecule has 4 nitrogen and oxygen atoms in total. The van der Waals surface area contributed by atoms with Crippen molar-refractivity contribution in [3.05, 3.63) is 12.7 Å². The highest BCUT2D eigenvalue weighted by Crippen LogP contribution is 2.27. The van der Waals surface area contributed by atoms with Gasteiger partial charge in [0, 0.05) is 25.0 Å². The van der Waals surface area contributed by atoms with Crippen LogP contribution in [0.4, 0.5) is 0 Å². The van der Waals surface area contributed by atoms with Crippen LogP contribution in [0.25, 0.3) is 0 Å². The van der Waals surface area contributed by atoms with E-state index in [1.54, 1.807) is 0 Å². The molecule has 1 heterocycles. The van der Waals surface area contributed by atoms with Crippen molar-refractivity contribution in [2.45, 2.75) is 57.2 Å². The molecule has 19 heavy (non-hydrogen) atoms. The Balaban J connectivity index is 1.75. The van der Waals surface area contributed by atoms with E-state index in [2.05, 4.69) is 16.8 Å². The van der Waals surface area contributed by atoms with Gasteiger partial charge in [-0.2, -0.15) is 0 Å². The Morgan fingerprint density at radius 1 is 1.21 bits per heavy atom. The van der Waals surface area contributed by atoms with E-state index in [0.29, 0.717) is 11.9 Å². The van der Waals surface area contributed by atoms with Crippen LogP contribution in [0.1, 0.15) is 44.9 Å². The van der Waals surface area contributed by atoms with Crippen molar-refractivity contribution in [1.82, 2.24) is 10.2 Å². The van der Waals surface area contributed by atoms with Gasteiger partial charge in [-0.05, 0) is 51.0 Å². The fourth-order valence-corrected chi connectivity index (χ4v) is 3.19. The average molecular weight is 266 g/mol. The van der Waals surface area contributed by atoms with Crippen LogP contribution in [0.3, 0.4) is 0 Å². The molecule has 1 unspecified atom stereocenters. The van der Waals surface area contributed by atoms with Crippen LogP contribution < -0.4 is 5.32 Å². The van der Waals surface area contributed by atoms with Gasteiger partial charge in [-0.3, -0.25) is 10.1 Å². The van der Waals surface area contributed by atoms with Gasteiger partial charge in [-0.1, -0.05) is 6.58 Å². The van der Waals surface area contributed by atoms with Crippen molar-refractivity contribution >= 4 is 5.91 Å². The normalized spacial score (nSPS) is 29.8. The molecular formula is C15H26N2O2. The average Bonchev–Trinajstić information content (AvgIpc) is 2.48. The molecule has 2 aliphatic rings. The summed E-state index contributed by atoms with van der Waals surface area (Å²) in [5.74, 6) is 0.569. The molecule has 0 spiro atoms. The summed E-state index contributed by atoms with van der Waals surface area (Å²) in [5, 5.41) is 12.6. The summed E-state index contributed by atoms with van der Waals surface area (Å²) >= 11 is 0. The van der Waals surface area contributed by atoms with Gasteiger partial charge in [-0.25, -0.2) is 0 Å². The van der Waals surface area contributed by atoms with Gasteiger partial charge >= 0.3 is 0 Å². The first kappa shape index (κ1) is 14.5. The molecule has 1 amide bonds. The van der Waals surface area contributed by atoms with Crippen LogP contribution in [0, 0.1) is 5.92 Å². The maximum atomic E-state index is 12.4. The Bertz CT molecular complexity index is 305. The molecule has 1 aliphatic carbocycles. The summed E-state index contributed by atoms with van der Waals surface area (Å²) in [6.07, 6.45) is 8.28. The summed E-state index contributed by atoms with van der Waals surface area (Å²) in [6, 6.07) is 0.318. The van der Waals surface area contributed by atoms with Crippen LogP contribution in [0.5, 0.6) is 0 Å². The van der Waals surface area contributed by atoms with Crippen LogP contribution in [0.15, 0.2) is 12.7 Å². The van der Waals surface area contributed by atoms with Crippen molar-refractivity contribution in [2.24, 2.45) is 5.92 Å². The third kappa shape index (κ3) is 4.05. The lowest BCUT2D eigenvalue weighted by molar-refractivity contribution is -0.137. The number of nitrogens with one attached hydrogen (secondary N) is 1. The van der Waals surface area contributed by atoms with Gasteiger partial charge in [-0.15, -0.1) is 0 Å². The number of aliphatic hydroxyl groups excluding tert-OH is 1. The van der Waals surface area contributed by atoms with E-state index in [0.717, 1.165) is 51.6 Å². The van der Waals surface area contributed by atoms with Crippen molar-refractivity contribution in [3.8, 4) is 0 Å². The summed E-state index contributed by atoms with van der Waals surface area (Å²) in [7, 11) is 0. The zero-order valence-corrected chi connectivity index (χ0v) is 11.7. The lowest BCUT2D eigenvalue weighted by atomic mass is 9.84. The molecule has 1 saturated heterocycles. The fourth-order valence-electron chi connectivity index (χ4n) is 3.19. The van der Waals surface area contributed by atoms with E-state index >= 15 is 0 Å². The third-order valence-electron chi connectivity index (χ3n) is 4.37. The Hall–Kier alpha value is -0.870. The van der Waals surface area contributed by atoms with Gasteiger partial charge < -0.3 is 10.0 Å². The zero-order valence-electron chi connectivity index (χ0n) is 11.7. The molecule has 1 saturated carbocycles. The smallest absolute Gasteiger partial charge is 0.225 e. The third-order valence-corrected chi connectivity index (χ3v) is 4.37. The minimum Gasteiger partial charge on any atom is -0.375 e. The SMILES string of the molecule is C=CC(O)NC1CCC(C(=O)N2CCCCC2)CC1. The number of rotatable bonds is 4. The second-order valence-electron chi connectivity index (χ2n) is 5.78. The Labute approximate surface area is 115 Å². The summed E-state index contributed by atoms with van der Waals surface area (Å²) < 4.78 is 0. The fraction of sp³-hybridized carbons (Fsp3) is 0.800. The van der Waals surface area contributed by atoms with Crippen LogP contribution in [-0.2, 0) is 4.79 Å². The predicted molar refractivity (Wildman–Crippen MR) is 75.5 cm³/mol. The molecule has 0 aromatic heterocycles. The van der Waals surface area contributed by atoms with Crippen molar-refractivity contribution in [1.29, 1.82) is 0 Å². The number of hydrogen-bond donors (Lipinski definition) is 2. The van der Waals surface area contributed by atoms with Crippen molar-refractivity contribution in [2.75, 3.05) is 13.1 Å². The number of hydrogen-bond acceptors (Lipinski definition) is 3. The number of amides is 1. The molecule has 0 aromatic carbocycles. The number of piperidine rings is 1. The molecule has 1 atom stereocenters. The summed E-state index contributed by atoms with van der Waals surface area (Å²) in [5.41, 5.74) is 0. The van der Waals surface area contributed by atoms with Gasteiger partial charge in [0.1, 0.15) is 6.23 Å². The number of carbonyl (C=O) groups is 1. The first-order chi connectivity index (χ1) is 9.20. The predicted octanol–water partition coefficient (Wildman–Crippen LogP) is 1.65. The van der Waals surface area contributed by atoms with E-state index in [1.807, 2.05) is 0 Å². The monoisotopic (exact) mass is 266 g/mol. The second kappa shape index (κ2) is 7.06. The largest absolute Gasteiger partial charge is 0.375 e. The van der Waals surface area contributed by atoms with Crippen LogP contribution in [-0.4, -0.2) is 41.3 Å². The first-order valence-electron chi connectivity index (χ1n) is 7.56. The number of likely N-dealkylation sites (tertiary alicyclic amines) is 1. The Morgan fingerprint density at radius 2 is 1.84 bits per heavy atom. The standard InChI is InChI=1S/C15H26N2O2/c1-2-14(18)16-13-8-6-12(7-9-13)15(19)17-10-4-3-5-11-17/h2,12-14,16,18H,1,3-11H2. The van der Waals surface area contributed by atoms with E-state index in [4.69, 9.17) is 0 Å². The molecule has 1 aliphatic heterocycles. The molecule has 2 N–H and O–H groups in total. The molecule has 2 rings (SSSR count). The highest BCUT2D eigenvalue weighted by molar-refractivity contribution is 5.79. The van der Waals surface area contributed by atoms with Crippen molar-refractivity contribution < 1.29 is 9.90 Å². The molecular weight excluding hydrogens is 240 g/mol. The maximum Gasteiger partial charge on any atom is 0.225 e. The number of carbonyl (C=O) groups excluding carboxylic acids is 1. The van der Waals surface area contributed by atoms with Crippen LogP contribution >= 0.6 is 0 Å². The Kier molecular flexibility index (Phi) is 5.40. The molecule has 108 valence electrons. The Morgan fingerprint density at radius 3 is 2.42 bits per heavy atom. The minimum absolute atomic E-state index is 0.206. The molecule has 0 radical (unpaired) electrons. The number of aliphatic hydroxyl groups is 1. The van der Waals surface area contributed by atoms with Gasteiger partial charge in [0.15, 0.2) is 0 Å². The second-order valence-corrected chi connectivity index (χ2v) is 5.78. The topological polar surface area (TPSA) is 52.6 Å². The van der Waals surface area contributed by atoms with E-state index in [1.165, 1.54) is 12.5 Å². The van der Waals surface area contributed by atoms with Gasteiger partial charge in [0.2, 0.25) is 5.91 Å². The lowest BCUT2D eigenvalue weighted by Gasteiger charge is -2.34. The molecule has 4 heteroatoms. The minimum atomic E-state index is -0.626. The quantitative estimate of drug-likeness (QED) is 0.601.